The van der Waals surface area contributed by atoms with Crippen LogP contribution in [-0.4, -0.2) is 33.8 Å². The molecular formula is C10H13N3O2. The van der Waals surface area contributed by atoms with Crippen molar-refractivity contribution in [1.82, 2.24) is 15.3 Å². The van der Waals surface area contributed by atoms with E-state index >= 15 is 0 Å². The van der Waals surface area contributed by atoms with Crippen molar-refractivity contribution in [2.45, 2.75) is 12.6 Å². The molecular weight excluding hydrogens is 194 g/mol. The number of rotatable bonds is 1. The van der Waals surface area contributed by atoms with Crippen LogP contribution in [0.15, 0.2) is 36.7 Å². The third-order valence-electron chi connectivity index (χ3n) is 2.42. The molecule has 2 aliphatic rings. The van der Waals surface area contributed by atoms with Gasteiger partial charge >= 0.3 is 6.09 Å². The van der Waals surface area contributed by atoms with E-state index in [4.69, 9.17) is 5.11 Å². The first kappa shape index (κ1) is 9.64. The van der Waals surface area contributed by atoms with Gasteiger partial charge in [-0.1, -0.05) is 12.2 Å². The van der Waals surface area contributed by atoms with E-state index in [9.17, 15) is 4.79 Å². The predicted octanol–water partition coefficient (Wildman–Crippen LogP) is 1.10. The van der Waals surface area contributed by atoms with Crippen molar-refractivity contribution in [3.63, 3.8) is 0 Å². The molecule has 0 radical (unpaired) electrons. The zero-order valence-electron chi connectivity index (χ0n) is 8.21. The second-order valence-corrected chi connectivity index (χ2v) is 3.36. The maximum Gasteiger partial charge on any atom is 0.409 e. The molecule has 5 nitrogen and oxygen atoms in total. The van der Waals surface area contributed by atoms with Crippen LogP contribution in [-0.2, 0) is 0 Å². The van der Waals surface area contributed by atoms with Crippen molar-refractivity contribution < 1.29 is 9.90 Å². The quantitative estimate of drug-likeness (QED) is 0.632. The van der Waals surface area contributed by atoms with E-state index in [-0.39, 0.29) is 6.17 Å². The van der Waals surface area contributed by atoms with Gasteiger partial charge in [-0.15, -0.1) is 0 Å². The highest BCUT2D eigenvalue weighted by Crippen LogP contribution is 2.15. The Bertz CT molecular complexity index is 336. The van der Waals surface area contributed by atoms with E-state index in [1.807, 2.05) is 30.5 Å². The third kappa shape index (κ3) is 1.96. The van der Waals surface area contributed by atoms with Crippen LogP contribution in [0.25, 0.3) is 0 Å². The minimum absolute atomic E-state index is 0.173. The Labute approximate surface area is 87.9 Å². The molecule has 0 saturated heterocycles. The molecule has 2 rings (SSSR count). The molecule has 0 saturated carbocycles. The Morgan fingerprint density at radius 1 is 1.40 bits per heavy atom. The number of carbonyl (C=O) groups is 1. The summed E-state index contributed by atoms with van der Waals surface area (Å²) in [5, 5.41) is 10.8. The van der Waals surface area contributed by atoms with Gasteiger partial charge < -0.3 is 10.5 Å². The fourth-order valence-electron chi connectivity index (χ4n) is 1.68. The SMILES string of the molecule is O=C(O)N1CC=CCC1N1C=CC=CN1. The highest BCUT2D eigenvalue weighted by molar-refractivity contribution is 5.66. The Hall–Kier alpha value is -1.91. The Morgan fingerprint density at radius 3 is 2.93 bits per heavy atom. The Kier molecular flexibility index (Phi) is 2.62. The maximum atomic E-state index is 11.0. The van der Waals surface area contributed by atoms with E-state index in [1.54, 1.807) is 11.2 Å². The molecule has 1 amide bonds. The largest absolute Gasteiger partial charge is 0.465 e. The number of amides is 1. The molecule has 0 fully saturated rings. The smallest absolute Gasteiger partial charge is 0.409 e. The van der Waals surface area contributed by atoms with Crippen molar-refractivity contribution in [3.05, 3.63) is 36.7 Å². The second-order valence-electron chi connectivity index (χ2n) is 3.36. The van der Waals surface area contributed by atoms with E-state index < -0.39 is 6.09 Å². The van der Waals surface area contributed by atoms with Crippen molar-refractivity contribution in [1.29, 1.82) is 0 Å². The minimum Gasteiger partial charge on any atom is -0.465 e. The van der Waals surface area contributed by atoms with Gasteiger partial charge in [0.1, 0.15) is 6.17 Å². The first-order valence-electron chi connectivity index (χ1n) is 4.81. The van der Waals surface area contributed by atoms with Gasteiger partial charge in [0.25, 0.3) is 0 Å². The monoisotopic (exact) mass is 207 g/mol. The number of hydrogen-bond acceptors (Lipinski definition) is 3. The lowest BCUT2D eigenvalue weighted by atomic mass is 10.2. The molecule has 2 heterocycles. The van der Waals surface area contributed by atoms with Gasteiger partial charge in [-0.25, -0.2) is 4.79 Å². The molecule has 0 bridgehead atoms. The first-order chi connectivity index (χ1) is 7.29. The molecule has 5 heteroatoms. The van der Waals surface area contributed by atoms with Gasteiger partial charge in [-0.3, -0.25) is 9.91 Å². The molecule has 0 aliphatic carbocycles. The molecule has 15 heavy (non-hydrogen) atoms. The van der Waals surface area contributed by atoms with Gasteiger partial charge in [0.15, 0.2) is 0 Å². The molecule has 0 aromatic rings. The molecule has 1 atom stereocenters. The van der Waals surface area contributed by atoms with Crippen molar-refractivity contribution in [3.8, 4) is 0 Å². The van der Waals surface area contributed by atoms with Crippen molar-refractivity contribution in [2.75, 3.05) is 6.54 Å². The summed E-state index contributed by atoms with van der Waals surface area (Å²) in [6.07, 6.45) is 10.8. The van der Waals surface area contributed by atoms with Crippen LogP contribution in [0.3, 0.4) is 0 Å². The summed E-state index contributed by atoms with van der Waals surface area (Å²) >= 11 is 0. The Balaban J connectivity index is 2.11. The van der Waals surface area contributed by atoms with Gasteiger partial charge in [0.2, 0.25) is 0 Å². The van der Waals surface area contributed by atoms with Gasteiger partial charge in [0.05, 0.1) is 0 Å². The molecule has 1 unspecified atom stereocenters. The topological polar surface area (TPSA) is 55.8 Å². The van der Waals surface area contributed by atoms with Gasteiger partial charge in [-0.2, -0.15) is 0 Å². The van der Waals surface area contributed by atoms with E-state index in [0.29, 0.717) is 13.0 Å². The lowest BCUT2D eigenvalue weighted by molar-refractivity contribution is 0.0554. The fourth-order valence-corrected chi connectivity index (χ4v) is 1.68. The van der Waals surface area contributed by atoms with Crippen LogP contribution in [0, 0.1) is 0 Å². The van der Waals surface area contributed by atoms with Crippen LogP contribution >= 0.6 is 0 Å². The fraction of sp³-hybridized carbons (Fsp3) is 0.300. The summed E-state index contributed by atoms with van der Waals surface area (Å²) in [4.78, 5) is 12.4. The van der Waals surface area contributed by atoms with Crippen molar-refractivity contribution >= 4 is 6.09 Å². The van der Waals surface area contributed by atoms with E-state index in [1.165, 1.54) is 4.90 Å². The molecule has 2 N–H and O–H groups in total. The average molecular weight is 207 g/mol. The first-order valence-corrected chi connectivity index (χ1v) is 4.81. The summed E-state index contributed by atoms with van der Waals surface area (Å²) in [7, 11) is 0. The van der Waals surface area contributed by atoms with Crippen LogP contribution in [0.4, 0.5) is 4.79 Å². The number of nitrogens with zero attached hydrogens (tertiary/aromatic N) is 2. The summed E-state index contributed by atoms with van der Waals surface area (Å²) in [6, 6.07) is 0. The lowest BCUT2D eigenvalue weighted by Crippen LogP contribution is -2.53. The third-order valence-corrected chi connectivity index (χ3v) is 2.42. The normalized spacial score (nSPS) is 24.1. The number of carboxylic acid groups (broad SMARTS) is 1. The van der Waals surface area contributed by atoms with Crippen molar-refractivity contribution in [2.24, 2.45) is 0 Å². The number of nitrogens with one attached hydrogen (secondary N) is 1. The lowest BCUT2D eigenvalue weighted by Gasteiger charge is -2.38. The zero-order chi connectivity index (χ0) is 10.7. The van der Waals surface area contributed by atoms with Gasteiger partial charge in [0, 0.05) is 25.4 Å². The summed E-state index contributed by atoms with van der Waals surface area (Å²) in [6.45, 7) is 0.440. The standard InChI is InChI=1S/C10H13N3O2/c14-10(15)12-7-3-1-5-9(12)13-8-4-2-6-11-13/h1-4,6,8-9,11H,5,7H2,(H,14,15). The number of allylic oxidation sites excluding steroid dienone is 2. The summed E-state index contributed by atoms with van der Waals surface area (Å²) in [5.74, 6) is 0. The molecule has 2 aliphatic heterocycles. The minimum atomic E-state index is -0.894. The van der Waals surface area contributed by atoms with E-state index in [0.717, 1.165) is 0 Å². The number of hydrazine groups is 1. The maximum absolute atomic E-state index is 11.0. The highest BCUT2D eigenvalue weighted by Gasteiger charge is 2.27. The second kappa shape index (κ2) is 4.08. The summed E-state index contributed by atoms with van der Waals surface area (Å²) < 4.78 is 0. The zero-order valence-corrected chi connectivity index (χ0v) is 8.21. The number of hydrogen-bond donors (Lipinski definition) is 2. The van der Waals surface area contributed by atoms with Crippen LogP contribution in [0.1, 0.15) is 6.42 Å². The molecule has 0 spiro atoms. The summed E-state index contributed by atoms with van der Waals surface area (Å²) in [5.41, 5.74) is 3.00. The van der Waals surface area contributed by atoms with Crippen LogP contribution in [0.2, 0.25) is 0 Å². The van der Waals surface area contributed by atoms with E-state index in [2.05, 4.69) is 5.43 Å². The van der Waals surface area contributed by atoms with Crippen LogP contribution < -0.4 is 5.43 Å². The average Bonchev–Trinajstić information content (AvgIpc) is 2.30. The molecule has 0 aromatic carbocycles. The predicted molar refractivity (Wildman–Crippen MR) is 55.5 cm³/mol. The molecule has 0 aromatic heterocycles. The van der Waals surface area contributed by atoms with Crippen LogP contribution in [0.5, 0.6) is 0 Å². The molecule has 80 valence electrons. The van der Waals surface area contributed by atoms with Gasteiger partial charge in [-0.05, 0) is 12.2 Å². The Morgan fingerprint density at radius 2 is 2.27 bits per heavy atom. The highest BCUT2D eigenvalue weighted by atomic mass is 16.4.